The van der Waals surface area contributed by atoms with E-state index in [-0.39, 0.29) is 37.3 Å². The van der Waals surface area contributed by atoms with Crippen LogP contribution >= 0.6 is 27.3 Å². The number of thiophene rings is 1. The molecule has 2 amide bonds. The molecule has 5 nitrogen and oxygen atoms in total. The number of carbonyl (C=O) groups is 2. The van der Waals surface area contributed by atoms with Crippen molar-refractivity contribution in [2.24, 2.45) is 0 Å². The molecule has 0 aliphatic rings. The number of hydrogen-bond acceptors (Lipinski definition) is 4. The van der Waals surface area contributed by atoms with E-state index in [1.54, 1.807) is 24.3 Å². The van der Waals surface area contributed by atoms with E-state index in [0.717, 1.165) is 3.79 Å². The highest BCUT2D eigenvalue weighted by atomic mass is 79.9. The first-order chi connectivity index (χ1) is 11.0. The Morgan fingerprint density at radius 3 is 2.74 bits per heavy atom. The van der Waals surface area contributed by atoms with Gasteiger partial charge in [0.15, 0.2) is 0 Å². The lowest BCUT2D eigenvalue weighted by Gasteiger charge is -2.08. The highest BCUT2D eigenvalue weighted by Gasteiger charge is 2.09. The first-order valence-corrected chi connectivity index (χ1v) is 8.34. The van der Waals surface area contributed by atoms with Gasteiger partial charge in [0.1, 0.15) is 18.2 Å². The van der Waals surface area contributed by atoms with Crippen LogP contribution in [0, 0.1) is 5.82 Å². The summed E-state index contributed by atoms with van der Waals surface area (Å²) in [6.45, 7) is 0.352. The normalized spacial score (nSPS) is 10.2. The van der Waals surface area contributed by atoms with Crippen LogP contribution in [-0.4, -0.2) is 31.5 Å². The van der Waals surface area contributed by atoms with Gasteiger partial charge in [-0.2, -0.15) is 0 Å². The maximum absolute atomic E-state index is 12.9. The molecule has 2 N–H and O–H groups in total. The Bertz CT molecular complexity index is 693. The molecule has 1 aromatic heterocycles. The molecule has 1 heterocycles. The summed E-state index contributed by atoms with van der Waals surface area (Å²) in [7, 11) is 0. The minimum absolute atomic E-state index is 0.117. The largest absolute Gasteiger partial charge is 0.492 e. The summed E-state index contributed by atoms with van der Waals surface area (Å²) in [6.07, 6.45) is 0. The molecule has 0 fully saturated rings. The van der Waals surface area contributed by atoms with Crippen LogP contribution in [0.3, 0.4) is 0 Å². The maximum Gasteiger partial charge on any atom is 0.261 e. The molecule has 2 aromatic rings. The topological polar surface area (TPSA) is 67.4 Å². The predicted octanol–water partition coefficient (Wildman–Crippen LogP) is 2.57. The van der Waals surface area contributed by atoms with Crippen LogP contribution in [0.4, 0.5) is 4.39 Å². The first kappa shape index (κ1) is 17.4. The van der Waals surface area contributed by atoms with Crippen molar-refractivity contribution < 1.29 is 18.7 Å². The molecule has 0 aliphatic heterocycles. The van der Waals surface area contributed by atoms with Crippen LogP contribution in [0.15, 0.2) is 40.2 Å². The summed E-state index contributed by atoms with van der Waals surface area (Å²) in [5.74, 6) is -0.603. The van der Waals surface area contributed by atoms with E-state index >= 15 is 0 Å². The molecule has 1 aromatic carbocycles. The Labute approximate surface area is 145 Å². The van der Waals surface area contributed by atoms with Crippen molar-refractivity contribution >= 4 is 39.1 Å². The fourth-order valence-electron chi connectivity index (χ4n) is 1.66. The van der Waals surface area contributed by atoms with Gasteiger partial charge in [-0.15, -0.1) is 11.3 Å². The first-order valence-electron chi connectivity index (χ1n) is 6.73. The number of amides is 2. The quantitative estimate of drug-likeness (QED) is 0.701. The fourth-order valence-corrected chi connectivity index (χ4v) is 2.97. The van der Waals surface area contributed by atoms with Crippen molar-refractivity contribution in [3.8, 4) is 5.75 Å². The molecule has 0 spiro atoms. The second-order valence-corrected chi connectivity index (χ2v) is 6.91. The monoisotopic (exact) mass is 400 g/mol. The van der Waals surface area contributed by atoms with Crippen LogP contribution in [-0.2, 0) is 4.79 Å². The lowest BCUT2D eigenvalue weighted by atomic mass is 10.3. The van der Waals surface area contributed by atoms with E-state index < -0.39 is 0 Å². The molecule has 0 unspecified atom stereocenters. The molecule has 0 saturated carbocycles. The fraction of sp³-hybridized carbons (Fsp3) is 0.200. The molecular weight excluding hydrogens is 387 g/mol. The zero-order valence-corrected chi connectivity index (χ0v) is 14.4. The molecule has 0 saturated heterocycles. The SMILES string of the molecule is O=C(CNC(=O)c1ccc(Br)s1)NCCOc1cccc(F)c1. The highest BCUT2D eigenvalue weighted by Crippen LogP contribution is 2.21. The Kier molecular flexibility index (Phi) is 6.54. The summed E-state index contributed by atoms with van der Waals surface area (Å²) in [6, 6.07) is 9.20. The maximum atomic E-state index is 12.9. The van der Waals surface area contributed by atoms with E-state index in [1.807, 2.05) is 0 Å². The molecule has 0 atom stereocenters. The van der Waals surface area contributed by atoms with Crippen molar-refractivity contribution in [2.45, 2.75) is 0 Å². The lowest BCUT2D eigenvalue weighted by Crippen LogP contribution is -2.38. The lowest BCUT2D eigenvalue weighted by molar-refractivity contribution is -0.120. The van der Waals surface area contributed by atoms with Crippen molar-refractivity contribution in [3.05, 3.63) is 50.9 Å². The van der Waals surface area contributed by atoms with E-state index in [4.69, 9.17) is 4.74 Å². The van der Waals surface area contributed by atoms with Crippen molar-refractivity contribution in [1.82, 2.24) is 10.6 Å². The number of nitrogens with one attached hydrogen (secondary N) is 2. The second kappa shape index (κ2) is 8.64. The van der Waals surface area contributed by atoms with E-state index in [1.165, 1.54) is 23.5 Å². The minimum Gasteiger partial charge on any atom is -0.492 e. The number of rotatable bonds is 7. The summed E-state index contributed by atoms with van der Waals surface area (Å²) < 4.78 is 19.1. The average Bonchev–Trinajstić information content (AvgIpc) is 2.96. The van der Waals surface area contributed by atoms with Crippen molar-refractivity contribution in [3.63, 3.8) is 0 Å². The molecule has 2 rings (SSSR count). The average molecular weight is 401 g/mol. The molecule has 0 bridgehead atoms. The van der Waals surface area contributed by atoms with Gasteiger partial charge in [0.2, 0.25) is 5.91 Å². The summed E-state index contributed by atoms with van der Waals surface area (Å²) in [4.78, 5) is 23.9. The van der Waals surface area contributed by atoms with Crippen LogP contribution in [0.2, 0.25) is 0 Å². The van der Waals surface area contributed by atoms with Crippen LogP contribution in [0.1, 0.15) is 9.67 Å². The van der Waals surface area contributed by atoms with Gasteiger partial charge in [0.05, 0.1) is 21.8 Å². The van der Waals surface area contributed by atoms with Gasteiger partial charge in [-0.05, 0) is 40.2 Å². The Hall–Kier alpha value is -1.93. The number of carbonyl (C=O) groups excluding carboxylic acids is 2. The molecule has 122 valence electrons. The van der Waals surface area contributed by atoms with Crippen molar-refractivity contribution in [1.29, 1.82) is 0 Å². The third-order valence-corrected chi connectivity index (χ3v) is 4.32. The summed E-state index contributed by atoms with van der Waals surface area (Å²) in [5.41, 5.74) is 0. The van der Waals surface area contributed by atoms with Gasteiger partial charge in [0.25, 0.3) is 5.91 Å². The van der Waals surface area contributed by atoms with Gasteiger partial charge in [0, 0.05) is 6.07 Å². The van der Waals surface area contributed by atoms with Crippen LogP contribution < -0.4 is 15.4 Å². The van der Waals surface area contributed by atoms with E-state index in [2.05, 4.69) is 26.6 Å². The Morgan fingerprint density at radius 1 is 1.22 bits per heavy atom. The van der Waals surface area contributed by atoms with Crippen LogP contribution in [0.25, 0.3) is 0 Å². The van der Waals surface area contributed by atoms with E-state index in [9.17, 15) is 14.0 Å². The molecule has 0 radical (unpaired) electrons. The van der Waals surface area contributed by atoms with Gasteiger partial charge in [-0.3, -0.25) is 9.59 Å². The number of ether oxygens (including phenoxy) is 1. The third-order valence-electron chi connectivity index (χ3n) is 2.70. The van der Waals surface area contributed by atoms with Crippen molar-refractivity contribution in [2.75, 3.05) is 19.7 Å². The smallest absolute Gasteiger partial charge is 0.261 e. The summed E-state index contributed by atoms with van der Waals surface area (Å²) >= 11 is 4.56. The second-order valence-electron chi connectivity index (χ2n) is 4.44. The molecule has 8 heteroatoms. The standard InChI is InChI=1S/C15H14BrFN2O3S/c16-13-5-4-12(23-13)15(21)19-9-14(20)18-6-7-22-11-3-1-2-10(17)8-11/h1-5,8H,6-7,9H2,(H,18,20)(H,19,21). The van der Waals surface area contributed by atoms with Gasteiger partial charge < -0.3 is 15.4 Å². The zero-order valence-electron chi connectivity index (χ0n) is 12.0. The third kappa shape index (κ3) is 5.99. The number of hydrogen-bond donors (Lipinski definition) is 2. The highest BCUT2D eigenvalue weighted by molar-refractivity contribution is 9.11. The predicted molar refractivity (Wildman–Crippen MR) is 89.3 cm³/mol. The number of benzene rings is 1. The van der Waals surface area contributed by atoms with Gasteiger partial charge in [-0.1, -0.05) is 6.07 Å². The number of halogens is 2. The Morgan fingerprint density at radius 2 is 2.04 bits per heavy atom. The van der Waals surface area contributed by atoms with Gasteiger partial charge >= 0.3 is 0 Å². The minimum atomic E-state index is -0.380. The van der Waals surface area contributed by atoms with E-state index in [0.29, 0.717) is 10.6 Å². The zero-order chi connectivity index (χ0) is 16.7. The summed E-state index contributed by atoms with van der Waals surface area (Å²) in [5, 5.41) is 5.13. The van der Waals surface area contributed by atoms with Crippen LogP contribution in [0.5, 0.6) is 5.75 Å². The Balaban J connectivity index is 1.62. The molecule has 23 heavy (non-hydrogen) atoms. The van der Waals surface area contributed by atoms with Gasteiger partial charge in [-0.25, -0.2) is 4.39 Å². The molecular formula is C15H14BrFN2O3S. The molecule has 0 aliphatic carbocycles.